The second kappa shape index (κ2) is 12.1. The normalized spacial score (nSPS) is 14.3. The minimum Gasteiger partial charge on any atom is -0.309 e. The summed E-state index contributed by atoms with van der Waals surface area (Å²) in [4.78, 5) is 10.1. The lowest BCUT2D eigenvalue weighted by Crippen LogP contribution is -2.01. The van der Waals surface area contributed by atoms with Gasteiger partial charge in [0, 0.05) is 44.0 Å². The second-order valence-electron chi connectivity index (χ2n) is 13.3. The predicted octanol–water partition coefficient (Wildman–Crippen LogP) is 11.5. The first-order chi connectivity index (χ1) is 25.7. The van der Waals surface area contributed by atoms with Crippen LogP contribution in [0, 0.1) is 17.2 Å². The van der Waals surface area contributed by atoms with E-state index in [1.807, 2.05) is 36.4 Å². The van der Waals surface area contributed by atoms with Gasteiger partial charge in [-0.3, -0.25) is 0 Å². The highest BCUT2D eigenvalue weighted by atomic mass is 15.0. The highest BCUT2D eigenvalue weighted by molar-refractivity contribution is 6.19. The van der Waals surface area contributed by atoms with Gasteiger partial charge in [0.15, 0.2) is 5.82 Å². The first kappa shape index (κ1) is 29.8. The van der Waals surface area contributed by atoms with Crippen molar-refractivity contribution in [2.24, 2.45) is 5.92 Å². The Morgan fingerprint density at radius 2 is 1.10 bits per heavy atom. The van der Waals surface area contributed by atoms with Crippen LogP contribution >= 0.6 is 0 Å². The summed E-state index contributed by atoms with van der Waals surface area (Å²) in [5, 5.41) is 14.3. The molecule has 6 aromatic carbocycles. The summed E-state index contributed by atoms with van der Waals surface area (Å²) >= 11 is 0. The van der Waals surface area contributed by atoms with Gasteiger partial charge in [0.05, 0.1) is 45.4 Å². The maximum absolute atomic E-state index is 9.42. The number of nitriles is 1. The molecule has 5 heteroatoms. The van der Waals surface area contributed by atoms with Crippen molar-refractivity contribution < 1.29 is 0 Å². The summed E-state index contributed by atoms with van der Waals surface area (Å²) in [6, 6.07) is 55.9. The van der Waals surface area contributed by atoms with Crippen LogP contribution in [0.5, 0.6) is 0 Å². The van der Waals surface area contributed by atoms with Crippen LogP contribution in [0.2, 0.25) is 0 Å². The highest BCUT2D eigenvalue weighted by Crippen LogP contribution is 2.40. The van der Waals surface area contributed by atoms with E-state index in [-0.39, 0.29) is 5.92 Å². The van der Waals surface area contributed by atoms with Gasteiger partial charge >= 0.3 is 0 Å². The average molecular weight is 666 g/mol. The first-order valence-electron chi connectivity index (χ1n) is 17.6. The monoisotopic (exact) mass is 665 g/mol. The summed E-state index contributed by atoms with van der Waals surface area (Å²) in [5.74, 6) is 0.556. The molecular formula is C47H31N5. The van der Waals surface area contributed by atoms with Gasteiger partial charge in [-0.25, -0.2) is 9.97 Å². The molecule has 0 fully saturated rings. The largest absolute Gasteiger partial charge is 0.309 e. The van der Waals surface area contributed by atoms with Gasteiger partial charge in [-0.15, -0.1) is 0 Å². The molecule has 0 spiro atoms. The van der Waals surface area contributed by atoms with Gasteiger partial charge in [0.2, 0.25) is 0 Å². The molecule has 1 unspecified atom stereocenters. The summed E-state index contributed by atoms with van der Waals surface area (Å²) < 4.78 is 4.75. The van der Waals surface area contributed by atoms with Crippen LogP contribution in [0.25, 0.3) is 83.2 Å². The van der Waals surface area contributed by atoms with Crippen molar-refractivity contribution in [1.82, 2.24) is 19.1 Å². The van der Waals surface area contributed by atoms with E-state index in [0.717, 1.165) is 50.5 Å². The Labute approximate surface area is 300 Å². The molecule has 0 saturated carbocycles. The Hall–Kier alpha value is -7.03. The summed E-state index contributed by atoms with van der Waals surface area (Å²) in [7, 11) is 0. The van der Waals surface area contributed by atoms with Crippen molar-refractivity contribution in [3.05, 3.63) is 176 Å². The van der Waals surface area contributed by atoms with E-state index in [2.05, 4.69) is 149 Å². The SMILES string of the molecule is N#CC1C=CC(c2cc(-c3ccccc3)nc(-c3ccc(-n4c5ccccc5c5cc6c7ccccc7n(-c7ccccc7)c6cc54)cc3)n2)=CC1. The molecule has 9 aromatic rings. The number of nitrogens with zero attached hydrogens (tertiary/aromatic N) is 5. The molecule has 5 nitrogen and oxygen atoms in total. The molecule has 52 heavy (non-hydrogen) atoms. The fraction of sp³-hybridized carbons (Fsp3) is 0.0426. The molecule has 0 amide bonds. The van der Waals surface area contributed by atoms with Crippen LogP contribution in [0.3, 0.4) is 0 Å². The summed E-state index contributed by atoms with van der Waals surface area (Å²) in [6.45, 7) is 0. The van der Waals surface area contributed by atoms with Gasteiger partial charge in [0.25, 0.3) is 0 Å². The smallest absolute Gasteiger partial charge is 0.160 e. The summed E-state index contributed by atoms with van der Waals surface area (Å²) in [5.41, 5.74) is 11.6. The van der Waals surface area contributed by atoms with Crippen molar-refractivity contribution in [1.29, 1.82) is 5.26 Å². The zero-order valence-corrected chi connectivity index (χ0v) is 28.2. The molecule has 0 saturated heterocycles. The lowest BCUT2D eigenvalue weighted by Gasteiger charge is -2.14. The second-order valence-corrected chi connectivity index (χ2v) is 13.3. The third-order valence-corrected chi connectivity index (χ3v) is 10.2. The fourth-order valence-corrected chi connectivity index (χ4v) is 7.71. The number of allylic oxidation sites excluding steroid dienone is 4. The van der Waals surface area contributed by atoms with Crippen molar-refractivity contribution in [3.63, 3.8) is 0 Å². The fourth-order valence-electron chi connectivity index (χ4n) is 7.71. The van der Waals surface area contributed by atoms with E-state index in [1.54, 1.807) is 0 Å². The van der Waals surface area contributed by atoms with Gasteiger partial charge < -0.3 is 9.13 Å². The molecule has 10 rings (SSSR count). The topological polar surface area (TPSA) is 59.4 Å². The van der Waals surface area contributed by atoms with Crippen LogP contribution in [-0.2, 0) is 0 Å². The molecule has 0 aliphatic heterocycles. The van der Waals surface area contributed by atoms with Gasteiger partial charge in [-0.05, 0) is 78.7 Å². The zero-order valence-electron chi connectivity index (χ0n) is 28.2. The molecule has 0 radical (unpaired) electrons. The van der Waals surface area contributed by atoms with Crippen LogP contribution in [-0.4, -0.2) is 19.1 Å². The minimum absolute atomic E-state index is 0.107. The molecule has 0 bridgehead atoms. The quantitative estimate of drug-likeness (QED) is 0.184. The van der Waals surface area contributed by atoms with Crippen LogP contribution < -0.4 is 0 Å². The van der Waals surface area contributed by atoms with E-state index in [0.29, 0.717) is 12.2 Å². The maximum atomic E-state index is 9.42. The predicted molar refractivity (Wildman–Crippen MR) is 212 cm³/mol. The van der Waals surface area contributed by atoms with E-state index < -0.39 is 0 Å². The van der Waals surface area contributed by atoms with E-state index in [4.69, 9.17) is 9.97 Å². The number of hydrogen-bond acceptors (Lipinski definition) is 3. The van der Waals surface area contributed by atoms with Crippen LogP contribution in [0.1, 0.15) is 12.1 Å². The zero-order chi connectivity index (χ0) is 34.6. The molecule has 1 aliphatic carbocycles. The van der Waals surface area contributed by atoms with Crippen molar-refractivity contribution in [2.75, 3.05) is 0 Å². The van der Waals surface area contributed by atoms with E-state index in [9.17, 15) is 5.26 Å². The number of rotatable bonds is 5. The van der Waals surface area contributed by atoms with Crippen molar-refractivity contribution in [2.45, 2.75) is 6.42 Å². The van der Waals surface area contributed by atoms with Crippen molar-refractivity contribution in [3.8, 4) is 40.1 Å². The lowest BCUT2D eigenvalue weighted by atomic mass is 9.95. The first-order valence-corrected chi connectivity index (χ1v) is 17.6. The number of aromatic nitrogens is 4. The van der Waals surface area contributed by atoms with Crippen LogP contribution in [0.15, 0.2) is 170 Å². The molecule has 0 N–H and O–H groups in total. The Bertz CT molecular complexity index is 2920. The molecule has 1 aliphatic rings. The number of fused-ring (bicyclic) bond motifs is 6. The standard InChI is InChI=1S/C47H31N5/c48-30-31-19-21-33(22-20-31)42-28-41(32-11-3-1-4-12-32)49-47(50-42)34-23-25-36(26-24-34)52-44-18-10-8-16-38(44)40-27-39-37-15-7-9-17-43(37)51(45(39)29-46(40)52)35-13-5-2-6-14-35/h1-19,21-29,31H,20H2. The van der Waals surface area contributed by atoms with Gasteiger partial charge in [-0.1, -0.05) is 103 Å². The third-order valence-electron chi connectivity index (χ3n) is 10.2. The van der Waals surface area contributed by atoms with Gasteiger partial charge in [-0.2, -0.15) is 5.26 Å². The Morgan fingerprint density at radius 3 is 1.71 bits per heavy atom. The Morgan fingerprint density at radius 1 is 0.519 bits per heavy atom. The Balaban J connectivity index is 1.14. The van der Waals surface area contributed by atoms with E-state index in [1.165, 1.54) is 32.6 Å². The van der Waals surface area contributed by atoms with Gasteiger partial charge in [0.1, 0.15) is 0 Å². The molecule has 1 atom stereocenters. The summed E-state index contributed by atoms with van der Waals surface area (Å²) in [6.07, 6.45) is 6.76. The average Bonchev–Trinajstić information content (AvgIpc) is 3.72. The van der Waals surface area contributed by atoms with E-state index >= 15 is 0 Å². The molecule has 244 valence electrons. The van der Waals surface area contributed by atoms with Crippen LogP contribution in [0.4, 0.5) is 0 Å². The third kappa shape index (κ3) is 4.85. The van der Waals surface area contributed by atoms with Crippen molar-refractivity contribution >= 4 is 49.2 Å². The molecule has 3 heterocycles. The lowest BCUT2D eigenvalue weighted by molar-refractivity contribution is 0.840. The number of para-hydroxylation sites is 3. The number of hydrogen-bond donors (Lipinski definition) is 0. The number of benzene rings is 6. The molecule has 3 aromatic heterocycles. The molecular weight excluding hydrogens is 635 g/mol. The maximum Gasteiger partial charge on any atom is 0.160 e. The Kier molecular flexibility index (Phi) is 6.94. The minimum atomic E-state index is -0.107. The highest BCUT2D eigenvalue weighted by Gasteiger charge is 2.19.